The molecule has 2 heteroatoms. The van der Waals surface area contributed by atoms with Gasteiger partial charge in [0.25, 0.3) is 0 Å². The summed E-state index contributed by atoms with van der Waals surface area (Å²) in [5.41, 5.74) is 0. The predicted octanol–water partition coefficient (Wildman–Crippen LogP) is -0.125. The van der Waals surface area contributed by atoms with Crippen LogP contribution in [-0.4, -0.2) is 23.2 Å². The lowest BCUT2D eigenvalue weighted by atomic mass is 11.0. The van der Waals surface area contributed by atoms with E-state index in [1.807, 2.05) is 0 Å². The van der Waals surface area contributed by atoms with Gasteiger partial charge in [-0.25, -0.2) is 0 Å². The molecule has 0 N–H and O–H groups in total. The largest absolute Gasteiger partial charge is 0.187 e. The summed E-state index contributed by atoms with van der Waals surface area (Å²) in [4.78, 5) is 0. The third-order valence-corrected chi connectivity index (χ3v) is 0. The zero-order valence-electron chi connectivity index (χ0n) is 1.79. The first-order chi connectivity index (χ1) is 1.41. The molecule has 25 valence electrons. The van der Waals surface area contributed by atoms with Crippen LogP contribution in [0.15, 0.2) is 0 Å². The Bertz CT molecular complexity index is 6.00. The summed E-state index contributed by atoms with van der Waals surface area (Å²) in [5.74, 6) is 0.472. The van der Waals surface area contributed by atoms with Crippen molar-refractivity contribution < 1.29 is 0 Å². The van der Waals surface area contributed by atoms with E-state index >= 15 is 0 Å². The maximum Gasteiger partial charge on any atom is 0.187 e. The molecule has 0 spiro atoms. The molecule has 0 saturated carbocycles. The van der Waals surface area contributed by atoms with E-state index in [0.717, 1.165) is 0 Å². The van der Waals surface area contributed by atoms with Crippen LogP contribution >= 0.6 is 11.6 Å². The van der Waals surface area contributed by atoms with Crippen LogP contribution in [0, 0.1) is 6.92 Å². The standard InChI is InChI=1S/C2H4Cl.Al.3H/c1-2-3;;;;/h1-2H2;;;;. The van der Waals surface area contributed by atoms with Crippen molar-refractivity contribution in [1.82, 2.24) is 0 Å². The van der Waals surface area contributed by atoms with Crippen LogP contribution in [0.5, 0.6) is 0 Å². The van der Waals surface area contributed by atoms with Crippen molar-refractivity contribution in [3.05, 3.63) is 6.92 Å². The number of rotatable bonds is 0. The van der Waals surface area contributed by atoms with E-state index in [1.165, 1.54) is 0 Å². The number of halogens is 1. The SMILES string of the molecule is [AlH3].[CH2]CCl. The molecule has 0 fully saturated rings. The van der Waals surface area contributed by atoms with Gasteiger partial charge in [-0.1, -0.05) is 0 Å². The average molecular weight is 93.5 g/mol. The summed E-state index contributed by atoms with van der Waals surface area (Å²) >= 11 is 4.89. The molecular formula is C2H7AlCl. The Labute approximate surface area is 42.3 Å². The number of hydrogen-bond donors (Lipinski definition) is 0. The highest BCUT2D eigenvalue weighted by Gasteiger charge is 1.39. The van der Waals surface area contributed by atoms with Crippen molar-refractivity contribution in [3.8, 4) is 0 Å². The van der Waals surface area contributed by atoms with Crippen molar-refractivity contribution >= 4 is 29.0 Å². The highest BCUT2D eigenvalue weighted by atomic mass is 35.5. The van der Waals surface area contributed by atoms with Crippen LogP contribution in [0.2, 0.25) is 0 Å². The van der Waals surface area contributed by atoms with E-state index in [9.17, 15) is 0 Å². The summed E-state index contributed by atoms with van der Waals surface area (Å²) in [6.45, 7) is 3.25. The first-order valence-corrected chi connectivity index (χ1v) is 1.30. The Kier molecular flexibility index (Phi) is 20.3. The van der Waals surface area contributed by atoms with Crippen LogP contribution in [-0.2, 0) is 0 Å². The van der Waals surface area contributed by atoms with Crippen LogP contribution in [0.3, 0.4) is 0 Å². The van der Waals surface area contributed by atoms with Gasteiger partial charge in [0.15, 0.2) is 17.4 Å². The highest BCUT2D eigenvalue weighted by Crippen LogP contribution is 1.58. The normalized spacial score (nSPS) is 4.50. The van der Waals surface area contributed by atoms with Crippen LogP contribution in [0.4, 0.5) is 0 Å². The Morgan fingerprint density at radius 3 is 1.75 bits per heavy atom. The minimum Gasteiger partial charge on any atom is -0.127 e. The van der Waals surface area contributed by atoms with Crippen molar-refractivity contribution in [1.29, 1.82) is 0 Å². The molecule has 0 aromatic carbocycles. The van der Waals surface area contributed by atoms with E-state index in [4.69, 9.17) is 11.6 Å². The maximum atomic E-state index is 4.89. The van der Waals surface area contributed by atoms with Gasteiger partial charge in [0.05, 0.1) is 0 Å². The van der Waals surface area contributed by atoms with Gasteiger partial charge in [-0.2, -0.15) is 0 Å². The van der Waals surface area contributed by atoms with Crippen molar-refractivity contribution in [3.63, 3.8) is 0 Å². The molecular weight excluding hydrogens is 86.5 g/mol. The fourth-order valence-corrected chi connectivity index (χ4v) is 0. The molecule has 0 aliphatic rings. The average Bonchev–Trinajstić information content (AvgIpc) is 0.918. The van der Waals surface area contributed by atoms with Gasteiger partial charge in [0.1, 0.15) is 0 Å². The van der Waals surface area contributed by atoms with Gasteiger partial charge in [-0.15, -0.1) is 11.6 Å². The third-order valence-electron chi connectivity index (χ3n) is 0. The Balaban J connectivity index is 0. The molecule has 0 amide bonds. The predicted molar refractivity (Wildman–Crippen MR) is 26.0 cm³/mol. The van der Waals surface area contributed by atoms with Gasteiger partial charge in [0, 0.05) is 5.88 Å². The molecule has 0 aromatic heterocycles. The second kappa shape index (κ2) is 9.17. The van der Waals surface area contributed by atoms with E-state index < -0.39 is 0 Å². The maximum absolute atomic E-state index is 4.89. The lowest BCUT2D eigenvalue weighted by molar-refractivity contribution is 1.81. The quantitative estimate of drug-likeness (QED) is 0.289. The van der Waals surface area contributed by atoms with Crippen LogP contribution in [0.1, 0.15) is 0 Å². The van der Waals surface area contributed by atoms with Gasteiger partial charge in [-0.05, 0) is 6.92 Å². The van der Waals surface area contributed by atoms with Crippen molar-refractivity contribution in [2.45, 2.75) is 0 Å². The fourth-order valence-electron chi connectivity index (χ4n) is 0. The van der Waals surface area contributed by atoms with Gasteiger partial charge < -0.3 is 0 Å². The highest BCUT2D eigenvalue weighted by molar-refractivity contribution is 6.18. The summed E-state index contributed by atoms with van der Waals surface area (Å²) in [7, 11) is 0. The second-order valence-electron chi connectivity index (χ2n) is 0.189. The zero-order chi connectivity index (χ0) is 2.71. The zero-order valence-corrected chi connectivity index (χ0v) is 2.55. The van der Waals surface area contributed by atoms with E-state index in [-0.39, 0.29) is 17.4 Å². The molecule has 0 unspecified atom stereocenters. The molecule has 0 heterocycles. The van der Waals surface area contributed by atoms with Gasteiger partial charge >= 0.3 is 0 Å². The molecule has 0 saturated heterocycles. The molecule has 0 aromatic rings. The Hall–Kier alpha value is 0.822. The molecule has 0 bridgehead atoms. The van der Waals surface area contributed by atoms with Crippen LogP contribution in [0.25, 0.3) is 0 Å². The molecule has 0 rings (SSSR count). The van der Waals surface area contributed by atoms with Gasteiger partial charge in [-0.3, -0.25) is 0 Å². The number of alkyl halides is 1. The summed E-state index contributed by atoms with van der Waals surface area (Å²) in [6.07, 6.45) is 0. The van der Waals surface area contributed by atoms with E-state index in [2.05, 4.69) is 6.92 Å². The monoisotopic (exact) mass is 93.0 g/mol. The minimum atomic E-state index is 0. The molecule has 4 heavy (non-hydrogen) atoms. The topological polar surface area (TPSA) is 0 Å². The van der Waals surface area contributed by atoms with Crippen LogP contribution < -0.4 is 0 Å². The first kappa shape index (κ1) is 8.85. The van der Waals surface area contributed by atoms with Crippen molar-refractivity contribution in [2.75, 3.05) is 5.88 Å². The third kappa shape index (κ3) is 13.9. The molecule has 0 atom stereocenters. The molecule has 1 radical (unpaired) electrons. The lowest BCUT2D eigenvalue weighted by Gasteiger charge is -1.45. The minimum absolute atomic E-state index is 0. The van der Waals surface area contributed by atoms with E-state index in [1.54, 1.807) is 0 Å². The number of hydrogen-bond acceptors (Lipinski definition) is 0. The Morgan fingerprint density at radius 2 is 1.75 bits per heavy atom. The summed E-state index contributed by atoms with van der Waals surface area (Å²) in [5, 5.41) is 0. The first-order valence-electron chi connectivity index (χ1n) is 0.767. The van der Waals surface area contributed by atoms with E-state index in [0.29, 0.717) is 5.88 Å². The molecule has 0 aliphatic carbocycles. The van der Waals surface area contributed by atoms with Crippen molar-refractivity contribution in [2.24, 2.45) is 0 Å². The smallest absolute Gasteiger partial charge is 0.127 e. The summed E-state index contributed by atoms with van der Waals surface area (Å²) in [6, 6.07) is 0. The molecule has 0 nitrogen and oxygen atoms in total. The summed E-state index contributed by atoms with van der Waals surface area (Å²) < 4.78 is 0. The fraction of sp³-hybridized carbons (Fsp3) is 0.500. The Morgan fingerprint density at radius 1 is 1.75 bits per heavy atom. The second-order valence-corrected chi connectivity index (χ2v) is 0.567. The lowest BCUT2D eigenvalue weighted by Crippen LogP contribution is -1.37. The molecule has 0 aliphatic heterocycles. The van der Waals surface area contributed by atoms with Gasteiger partial charge in [0.2, 0.25) is 0 Å².